The second-order valence-corrected chi connectivity index (χ2v) is 6.94. The van der Waals surface area contributed by atoms with Gasteiger partial charge in [-0.25, -0.2) is 4.39 Å². The molecule has 1 heterocycles. The first-order valence-electron chi connectivity index (χ1n) is 7.58. The van der Waals surface area contributed by atoms with Crippen LogP contribution >= 0.6 is 9.24 Å². The van der Waals surface area contributed by atoms with Crippen LogP contribution in [0.2, 0.25) is 0 Å². The number of benzene rings is 1. The highest BCUT2D eigenvalue weighted by Gasteiger charge is 2.17. The first-order valence-corrected chi connectivity index (χ1v) is 8.15. The predicted octanol–water partition coefficient (Wildman–Crippen LogP) is 2.99. The molecule has 6 heteroatoms. The van der Waals surface area contributed by atoms with Gasteiger partial charge >= 0.3 is 0 Å². The van der Waals surface area contributed by atoms with E-state index in [1.54, 1.807) is 12.1 Å². The Balaban J connectivity index is 2.07. The number of nitrogens with one attached hydrogen (secondary N) is 1. The Morgan fingerprint density at radius 3 is 2.65 bits per heavy atom. The fourth-order valence-electron chi connectivity index (χ4n) is 2.28. The van der Waals surface area contributed by atoms with Gasteiger partial charge in [-0.1, -0.05) is 39.6 Å². The summed E-state index contributed by atoms with van der Waals surface area (Å²) in [6.45, 7) is 3.79. The van der Waals surface area contributed by atoms with Crippen molar-refractivity contribution in [3.63, 3.8) is 0 Å². The van der Waals surface area contributed by atoms with Crippen molar-refractivity contribution in [2.45, 2.75) is 18.9 Å². The molecule has 0 saturated carbocycles. The van der Waals surface area contributed by atoms with Crippen molar-refractivity contribution in [2.24, 2.45) is 5.73 Å². The lowest BCUT2D eigenvalue weighted by Gasteiger charge is -2.14. The lowest BCUT2D eigenvalue weighted by atomic mass is 10.1. The van der Waals surface area contributed by atoms with Gasteiger partial charge in [0, 0.05) is 31.4 Å². The maximum absolute atomic E-state index is 13.8. The zero-order chi connectivity index (χ0) is 16.9. The van der Waals surface area contributed by atoms with E-state index in [-0.39, 0.29) is 0 Å². The van der Waals surface area contributed by atoms with Crippen LogP contribution < -0.4 is 5.73 Å². The average Bonchev–Trinajstić information content (AvgIpc) is 2.92. The molecule has 0 aliphatic heterocycles. The van der Waals surface area contributed by atoms with Crippen LogP contribution in [0.5, 0.6) is 0 Å². The average molecular weight is 334 g/mol. The van der Waals surface area contributed by atoms with E-state index in [1.807, 2.05) is 37.5 Å². The van der Waals surface area contributed by atoms with Gasteiger partial charge < -0.3 is 10.6 Å². The fraction of sp³-hybridized carbons (Fsp3) is 0.353. The Hall–Kier alpha value is -1.55. The highest BCUT2D eigenvalue weighted by atomic mass is 31.0. The Bertz CT molecular complexity index is 643. The number of aromatic amines is 1. The third-order valence-electron chi connectivity index (χ3n) is 3.61. The molecule has 23 heavy (non-hydrogen) atoms. The number of hydrogen-bond donors (Lipinski definition) is 2. The van der Waals surface area contributed by atoms with Crippen molar-refractivity contribution in [2.75, 3.05) is 20.1 Å². The summed E-state index contributed by atoms with van der Waals surface area (Å²) in [6.07, 6.45) is 5.84. The second-order valence-electron chi connectivity index (χ2n) is 5.85. The Labute approximate surface area is 139 Å². The van der Waals surface area contributed by atoms with Crippen molar-refractivity contribution in [1.82, 2.24) is 15.1 Å². The van der Waals surface area contributed by atoms with E-state index in [4.69, 9.17) is 5.73 Å². The molecule has 2 atom stereocenters. The summed E-state index contributed by atoms with van der Waals surface area (Å²) in [5.74, 6) is 0. The lowest BCUT2D eigenvalue weighted by molar-refractivity contribution is 0.324. The predicted molar refractivity (Wildman–Crippen MR) is 97.5 cm³/mol. The van der Waals surface area contributed by atoms with Crippen molar-refractivity contribution < 1.29 is 4.39 Å². The minimum absolute atomic E-state index is 0.634. The number of aromatic nitrogens is 2. The molecule has 0 amide bonds. The van der Waals surface area contributed by atoms with Crippen LogP contribution in [-0.4, -0.2) is 35.2 Å². The van der Waals surface area contributed by atoms with Crippen molar-refractivity contribution in [3.8, 4) is 0 Å². The van der Waals surface area contributed by atoms with Crippen molar-refractivity contribution >= 4 is 21.4 Å². The molecule has 0 spiro atoms. The molecular formula is C17H24FN4P. The summed E-state index contributed by atoms with van der Waals surface area (Å²) in [5, 5.41) is 5.77. The summed E-state index contributed by atoms with van der Waals surface area (Å²) < 4.78 is 13.8. The molecule has 0 radical (unpaired) electrons. The minimum Gasteiger partial charge on any atom is -0.329 e. The van der Waals surface area contributed by atoms with Gasteiger partial charge in [0.05, 0.1) is 5.69 Å². The van der Waals surface area contributed by atoms with Gasteiger partial charge in [0.25, 0.3) is 0 Å². The van der Waals surface area contributed by atoms with E-state index in [1.165, 1.54) is 6.92 Å². The van der Waals surface area contributed by atoms with Gasteiger partial charge in [-0.2, -0.15) is 5.10 Å². The van der Waals surface area contributed by atoms with E-state index in [0.29, 0.717) is 12.1 Å². The zero-order valence-corrected chi connectivity index (χ0v) is 14.7. The molecule has 4 nitrogen and oxygen atoms in total. The molecule has 0 bridgehead atoms. The number of nitrogens with zero attached hydrogens (tertiary/aromatic N) is 2. The van der Waals surface area contributed by atoms with Gasteiger partial charge in [0.2, 0.25) is 0 Å². The highest BCUT2D eigenvalue weighted by molar-refractivity contribution is 7.18. The van der Waals surface area contributed by atoms with Gasteiger partial charge in [0.15, 0.2) is 0 Å². The van der Waals surface area contributed by atoms with Crippen LogP contribution in [0.25, 0.3) is 12.2 Å². The highest BCUT2D eigenvalue weighted by Crippen LogP contribution is 2.32. The maximum atomic E-state index is 13.8. The quantitative estimate of drug-likeness (QED) is 0.766. The molecule has 2 aromatic rings. The molecule has 0 saturated heterocycles. The fourth-order valence-corrected chi connectivity index (χ4v) is 2.47. The SMILES string of the molecule is CN(CCN)Cc1c[nH]nc1/C=C/c1ccc(C(C)(F)P)cc1. The van der Waals surface area contributed by atoms with Crippen molar-refractivity contribution in [1.29, 1.82) is 0 Å². The standard InChI is InChI=1S/C17H24FN4P/c1-17(18,23)15-6-3-13(4-7-15)5-8-16-14(11-20-21-16)12-22(2)10-9-19/h3-8,11H,9-10,12,19,23H2,1-2H3,(H,20,21)/b8-5+. The number of hydrogen-bond acceptors (Lipinski definition) is 3. The topological polar surface area (TPSA) is 57.9 Å². The van der Waals surface area contributed by atoms with Crippen LogP contribution in [0.15, 0.2) is 30.5 Å². The van der Waals surface area contributed by atoms with E-state index < -0.39 is 5.41 Å². The van der Waals surface area contributed by atoms with E-state index in [9.17, 15) is 4.39 Å². The molecule has 1 aromatic heterocycles. The smallest absolute Gasteiger partial charge is 0.145 e. The molecule has 2 rings (SSSR count). The maximum Gasteiger partial charge on any atom is 0.145 e. The molecule has 3 N–H and O–H groups in total. The number of likely N-dealkylation sites (N-methyl/N-ethyl adjacent to an activating group) is 1. The van der Waals surface area contributed by atoms with Crippen LogP contribution in [0.1, 0.15) is 29.3 Å². The van der Waals surface area contributed by atoms with Crippen molar-refractivity contribution in [3.05, 3.63) is 52.8 Å². The molecule has 1 aromatic carbocycles. The van der Waals surface area contributed by atoms with E-state index in [0.717, 1.165) is 29.9 Å². The summed E-state index contributed by atoms with van der Waals surface area (Å²) in [7, 11) is 4.24. The summed E-state index contributed by atoms with van der Waals surface area (Å²) in [5.41, 5.74) is 9.24. The Morgan fingerprint density at radius 1 is 1.35 bits per heavy atom. The van der Waals surface area contributed by atoms with Gasteiger partial charge in [0.1, 0.15) is 5.41 Å². The van der Waals surface area contributed by atoms with Gasteiger partial charge in [-0.3, -0.25) is 5.10 Å². The molecule has 0 fully saturated rings. The number of H-pyrrole nitrogens is 1. The molecule has 0 aliphatic carbocycles. The third kappa shape index (κ3) is 5.24. The largest absolute Gasteiger partial charge is 0.329 e. The number of alkyl halides is 1. The van der Waals surface area contributed by atoms with Crippen LogP contribution in [0, 0.1) is 0 Å². The second kappa shape index (κ2) is 7.82. The van der Waals surface area contributed by atoms with Gasteiger partial charge in [-0.15, -0.1) is 0 Å². The zero-order valence-electron chi connectivity index (χ0n) is 13.6. The van der Waals surface area contributed by atoms with Gasteiger partial charge in [-0.05, 0) is 31.2 Å². The first kappa shape index (κ1) is 17.8. The summed E-state index contributed by atoms with van der Waals surface area (Å²) in [6, 6.07) is 7.40. The molecule has 0 aliphatic rings. The van der Waals surface area contributed by atoms with Crippen LogP contribution in [0.4, 0.5) is 4.39 Å². The Kier molecular flexibility index (Phi) is 6.05. The van der Waals surface area contributed by atoms with E-state index in [2.05, 4.69) is 24.3 Å². The molecule has 124 valence electrons. The number of rotatable bonds is 7. The third-order valence-corrected chi connectivity index (χ3v) is 3.95. The molecular weight excluding hydrogens is 310 g/mol. The number of halogens is 1. The monoisotopic (exact) mass is 334 g/mol. The van der Waals surface area contributed by atoms with E-state index >= 15 is 0 Å². The normalized spacial score (nSPS) is 14.5. The summed E-state index contributed by atoms with van der Waals surface area (Å²) in [4.78, 5) is 2.15. The van der Waals surface area contributed by atoms with Crippen LogP contribution in [0.3, 0.4) is 0 Å². The lowest BCUT2D eigenvalue weighted by Crippen LogP contribution is -2.25. The minimum atomic E-state index is -1.40. The summed E-state index contributed by atoms with van der Waals surface area (Å²) >= 11 is 0. The first-order chi connectivity index (χ1) is 10.9. The molecule has 2 unspecified atom stereocenters. The van der Waals surface area contributed by atoms with Crippen LogP contribution in [-0.2, 0) is 12.0 Å². The number of nitrogens with two attached hydrogens (primary N) is 1. The Morgan fingerprint density at radius 2 is 2.04 bits per heavy atom.